The van der Waals surface area contributed by atoms with E-state index in [2.05, 4.69) is 5.32 Å². The molecule has 0 unspecified atom stereocenters. The topological polar surface area (TPSA) is 69.6 Å². The van der Waals surface area contributed by atoms with Crippen molar-refractivity contribution in [2.45, 2.75) is 25.4 Å². The van der Waals surface area contributed by atoms with Crippen LogP contribution >= 0.6 is 22.9 Å². The molecule has 1 fully saturated rings. The average Bonchev–Trinajstić information content (AvgIpc) is 3.06. The molecule has 2 amide bonds. The molecule has 2 rings (SSSR count). The number of aliphatic carboxylic acids is 1. The molecule has 18 heavy (non-hydrogen) atoms. The summed E-state index contributed by atoms with van der Waals surface area (Å²) in [6.45, 7) is 0.126. The van der Waals surface area contributed by atoms with Crippen molar-refractivity contribution in [1.29, 1.82) is 0 Å². The summed E-state index contributed by atoms with van der Waals surface area (Å²) in [7, 11) is 0. The number of hydrogen-bond acceptors (Lipinski definition) is 3. The van der Waals surface area contributed by atoms with Gasteiger partial charge in [-0.25, -0.2) is 4.79 Å². The Morgan fingerprint density at radius 2 is 2.22 bits per heavy atom. The molecule has 0 aromatic carbocycles. The van der Waals surface area contributed by atoms with Crippen LogP contribution in [0.15, 0.2) is 12.1 Å². The zero-order chi connectivity index (χ0) is 13.1. The molecule has 0 saturated heterocycles. The van der Waals surface area contributed by atoms with Crippen LogP contribution in [-0.2, 0) is 11.3 Å². The van der Waals surface area contributed by atoms with Gasteiger partial charge in [-0.05, 0) is 25.0 Å². The first-order chi connectivity index (χ1) is 8.56. The molecule has 1 aromatic heterocycles. The second-order valence-corrected chi connectivity index (χ2v) is 5.92. The lowest BCUT2D eigenvalue weighted by molar-refractivity contribution is -0.137. The van der Waals surface area contributed by atoms with Gasteiger partial charge in [0, 0.05) is 10.9 Å². The van der Waals surface area contributed by atoms with Crippen LogP contribution in [0.2, 0.25) is 4.34 Å². The lowest BCUT2D eigenvalue weighted by atomic mass is 10.4. The van der Waals surface area contributed by atoms with Crippen LogP contribution in [0.5, 0.6) is 0 Å². The fourth-order valence-electron chi connectivity index (χ4n) is 1.61. The van der Waals surface area contributed by atoms with Crippen LogP contribution in [0.3, 0.4) is 0 Å². The number of halogens is 1. The first-order valence-electron chi connectivity index (χ1n) is 5.56. The van der Waals surface area contributed by atoms with E-state index in [1.807, 2.05) is 6.07 Å². The summed E-state index contributed by atoms with van der Waals surface area (Å²) >= 11 is 7.18. The average molecular weight is 289 g/mol. The molecule has 98 valence electrons. The first kappa shape index (κ1) is 13.2. The lowest BCUT2D eigenvalue weighted by Crippen LogP contribution is -2.43. The Labute approximate surface area is 113 Å². The maximum absolute atomic E-state index is 11.9. The molecule has 0 atom stereocenters. The van der Waals surface area contributed by atoms with E-state index in [0.717, 1.165) is 17.7 Å². The van der Waals surface area contributed by atoms with E-state index in [0.29, 0.717) is 10.9 Å². The number of amides is 2. The Hall–Kier alpha value is -1.27. The van der Waals surface area contributed by atoms with Crippen molar-refractivity contribution in [3.63, 3.8) is 0 Å². The third kappa shape index (κ3) is 3.61. The highest BCUT2D eigenvalue weighted by Gasteiger charge is 2.33. The Morgan fingerprint density at radius 1 is 1.50 bits per heavy atom. The van der Waals surface area contributed by atoms with Gasteiger partial charge < -0.3 is 15.3 Å². The molecule has 7 heteroatoms. The summed E-state index contributed by atoms with van der Waals surface area (Å²) in [6, 6.07) is 3.35. The van der Waals surface area contributed by atoms with Crippen LogP contribution in [0.25, 0.3) is 0 Å². The van der Waals surface area contributed by atoms with E-state index >= 15 is 0 Å². The number of carboxylic acid groups (broad SMARTS) is 1. The van der Waals surface area contributed by atoms with E-state index in [-0.39, 0.29) is 18.6 Å². The molecule has 1 aliphatic carbocycles. The predicted molar refractivity (Wildman–Crippen MR) is 68.9 cm³/mol. The highest BCUT2D eigenvalue weighted by molar-refractivity contribution is 7.16. The zero-order valence-electron chi connectivity index (χ0n) is 9.56. The van der Waals surface area contributed by atoms with Gasteiger partial charge in [-0.3, -0.25) is 4.79 Å². The van der Waals surface area contributed by atoms with E-state index in [1.54, 1.807) is 6.07 Å². The molecule has 1 aromatic rings. The van der Waals surface area contributed by atoms with Crippen LogP contribution in [0, 0.1) is 0 Å². The van der Waals surface area contributed by atoms with Gasteiger partial charge in [-0.1, -0.05) is 11.6 Å². The maximum atomic E-state index is 11.9. The number of thiophene rings is 1. The molecule has 1 heterocycles. The summed E-state index contributed by atoms with van der Waals surface area (Å²) < 4.78 is 0.670. The highest BCUT2D eigenvalue weighted by atomic mass is 35.5. The number of carbonyl (C=O) groups is 2. The SMILES string of the molecule is O=C(O)CN(C(=O)NCc1ccc(Cl)s1)C1CC1. The van der Waals surface area contributed by atoms with E-state index in [1.165, 1.54) is 16.2 Å². The maximum Gasteiger partial charge on any atom is 0.323 e. The van der Waals surface area contributed by atoms with Gasteiger partial charge in [0.05, 0.1) is 10.9 Å². The third-order valence-corrected chi connectivity index (χ3v) is 3.83. The summed E-state index contributed by atoms with van der Waals surface area (Å²) in [4.78, 5) is 24.9. The van der Waals surface area contributed by atoms with E-state index < -0.39 is 5.97 Å². The predicted octanol–water partition coefficient (Wildman–Crippen LogP) is 2.16. The quantitative estimate of drug-likeness (QED) is 0.872. The van der Waals surface area contributed by atoms with Crippen LogP contribution in [0.1, 0.15) is 17.7 Å². The first-order valence-corrected chi connectivity index (χ1v) is 6.76. The molecular formula is C11H13ClN2O3S. The van der Waals surface area contributed by atoms with E-state index in [4.69, 9.17) is 16.7 Å². The van der Waals surface area contributed by atoms with Crippen molar-refractivity contribution >= 4 is 34.9 Å². The zero-order valence-corrected chi connectivity index (χ0v) is 11.1. The number of rotatable bonds is 5. The van der Waals surface area contributed by atoms with Crippen LogP contribution < -0.4 is 5.32 Å². The second-order valence-electron chi connectivity index (χ2n) is 4.12. The van der Waals surface area contributed by atoms with Crippen LogP contribution in [0.4, 0.5) is 4.79 Å². The van der Waals surface area contributed by atoms with Gasteiger partial charge in [0.15, 0.2) is 0 Å². The molecule has 0 radical (unpaired) electrons. The summed E-state index contributed by atoms with van der Waals surface area (Å²) in [5.41, 5.74) is 0. The molecule has 0 spiro atoms. The number of urea groups is 1. The summed E-state index contributed by atoms with van der Waals surface area (Å²) in [6.07, 6.45) is 1.76. The normalized spacial score (nSPS) is 14.3. The molecule has 1 saturated carbocycles. The molecule has 5 nitrogen and oxygen atoms in total. The number of hydrogen-bond donors (Lipinski definition) is 2. The van der Waals surface area contributed by atoms with Gasteiger partial charge in [0.25, 0.3) is 0 Å². The number of carbonyl (C=O) groups excluding carboxylic acids is 1. The van der Waals surface area contributed by atoms with Crippen molar-refractivity contribution in [1.82, 2.24) is 10.2 Å². The smallest absolute Gasteiger partial charge is 0.323 e. The van der Waals surface area contributed by atoms with Crippen molar-refractivity contribution < 1.29 is 14.7 Å². The van der Waals surface area contributed by atoms with Gasteiger partial charge in [0.2, 0.25) is 0 Å². The minimum Gasteiger partial charge on any atom is -0.480 e. The fourth-order valence-corrected chi connectivity index (χ4v) is 2.64. The van der Waals surface area contributed by atoms with Crippen molar-refractivity contribution in [2.75, 3.05) is 6.54 Å². The van der Waals surface area contributed by atoms with Gasteiger partial charge in [-0.15, -0.1) is 11.3 Å². The summed E-state index contributed by atoms with van der Waals surface area (Å²) in [5.74, 6) is -0.990. The Morgan fingerprint density at radius 3 is 2.72 bits per heavy atom. The Bertz CT molecular complexity index is 459. The molecular weight excluding hydrogens is 276 g/mol. The second kappa shape index (κ2) is 5.58. The fraction of sp³-hybridized carbons (Fsp3) is 0.455. The molecule has 0 bridgehead atoms. The van der Waals surface area contributed by atoms with E-state index in [9.17, 15) is 9.59 Å². The van der Waals surface area contributed by atoms with Crippen molar-refractivity contribution in [3.8, 4) is 0 Å². The summed E-state index contributed by atoms with van der Waals surface area (Å²) in [5, 5.41) is 11.5. The Kier molecular flexibility index (Phi) is 4.08. The monoisotopic (exact) mass is 288 g/mol. The number of nitrogens with one attached hydrogen (secondary N) is 1. The third-order valence-electron chi connectivity index (χ3n) is 2.60. The highest BCUT2D eigenvalue weighted by Crippen LogP contribution is 2.27. The molecule has 0 aliphatic heterocycles. The minimum atomic E-state index is -0.990. The largest absolute Gasteiger partial charge is 0.480 e. The van der Waals surface area contributed by atoms with Crippen molar-refractivity contribution in [2.24, 2.45) is 0 Å². The molecule has 1 aliphatic rings. The van der Waals surface area contributed by atoms with Crippen molar-refractivity contribution in [3.05, 3.63) is 21.3 Å². The number of carboxylic acids is 1. The Balaban J connectivity index is 1.87. The van der Waals surface area contributed by atoms with Gasteiger partial charge >= 0.3 is 12.0 Å². The molecule has 2 N–H and O–H groups in total. The number of nitrogens with zero attached hydrogens (tertiary/aromatic N) is 1. The standard InChI is InChI=1S/C11H13ClN2O3S/c12-9-4-3-8(18-9)5-13-11(17)14(6-10(15)16)7-1-2-7/h3-4,7H,1-2,5-6H2,(H,13,17)(H,15,16). The lowest BCUT2D eigenvalue weighted by Gasteiger charge is -2.20. The minimum absolute atomic E-state index is 0.0769. The van der Waals surface area contributed by atoms with Crippen LogP contribution in [-0.4, -0.2) is 34.6 Å². The van der Waals surface area contributed by atoms with Gasteiger partial charge in [-0.2, -0.15) is 0 Å². The van der Waals surface area contributed by atoms with Gasteiger partial charge in [0.1, 0.15) is 6.54 Å².